The van der Waals surface area contributed by atoms with Crippen molar-refractivity contribution < 1.29 is 45.4 Å². The van der Waals surface area contributed by atoms with Crippen LogP contribution in [-0.2, 0) is 26.3 Å². The van der Waals surface area contributed by atoms with E-state index in [0.29, 0.717) is 38.2 Å². The fourth-order valence-electron chi connectivity index (χ4n) is 3.74. The lowest BCUT2D eigenvalue weighted by Crippen LogP contribution is -2.46. The van der Waals surface area contributed by atoms with Crippen molar-refractivity contribution in [2.75, 3.05) is 39.8 Å². The van der Waals surface area contributed by atoms with Crippen LogP contribution in [0.1, 0.15) is 18.4 Å². The number of ether oxygens (including phenoxy) is 1. The van der Waals surface area contributed by atoms with E-state index in [1.165, 1.54) is 12.1 Å². The van der Waals surface area contributed by atoms with Crippen molar-refractivity contribution in [1.82, 2.24) is 14.7 Å². The number of alkyl halides is 3. The van der Waals surface area contributed by atoms with Crippen molar-refractivity contribution in [2.45, 2.75) is 36.2 Å². The summed E-state index contributed by atoms with van der Waals surface area (Å²) >= 11 is 4.49. The quantitative estimate of drug-likeness (QED) is 0.182. The van der Waals surface area contributed by atoms with Gasteiger partial charge in [0.1, 0.15) is 6.61 Å². The number of halogens is 3. The van der Waals surface area contributed by atoms with E-state index in [2.05, 4.69) is 12.6 Å². The van der Waals surface area contributed by atoms with Crippen molar-refractivity contribution >= 4 is 40.4 Å². The van der Waals surface area contributed by atoms with E-state index in [9.17, 15) is 32.9 Å². The second-order valence-electron chi connectivity index (χ2n) is 8.41. The minimum atomic E-state index is -5.84. The normalized spacial score (nSPS) is 21.0. The molecule has 0 bridgehead atoms. The number of nitro benzene ring substituents is 1. The molecule has 2 atom stereocenters. The topological polar surface area (TPSA) is 151 Å². The third-order valence-electron chi connectivity index (χ3n) is 5.68. The number of nitrogens with zero attached hydrogens (tertiary/aromatic N) is 4. The Labute approximate surface area is 216 Å². The molecule has 0 aromatic heterocycles. The lowest BCUT2D eigenvalue weighted by Gasteiger charge is -2.27. The molecule has 1 N–H and O–H groups in total. The van der Waals surface area contributed by atoms with Crippen molar-refractivity contribution in [3.63, 3.8) is 0 Å². The van der Waals surface area contributed by atoms with E-state index < -0.39 is 26.6 Å². The summed E-state index contributed by atoms with van der Waals surface area (Å²) in [5.74, 6) is 0.102. The van der Waals surface area contributed by atoms with Crippen LogP contribution in [0.5, 0.6) is 0 Å². The van der Waals surface area contributed by atoms with Crippen LogP contribution in [0.15, 0.2) is 24.3 Å². The predicted octanol–water partition coefficient (Wildman–Crippen LogP) is 2.16. The minimum absolute atomic E-state index is 0.00509. The van der Waals surface area contributed by atoms with E-state index in [-0.39, 0.29) is 29.5 Å². The molecule has 2 saturated heterocycles. The Morgan fingerprint density at radius 1 is 1.16 bits per heavy atom. The molecule has 17 heteroatoms. The number of nitro groups is 1. The van der Waals surface area contributed by atoms with Gasteiger partial charge in [0.05, 0.1) is 11.0 Å². The lowest BCUT2D eigenvalue weighted by atomic mass is 10.2. The number of hydrogen-bond acceptors (Lipinski definition) is 9. The smallest absolute Gasteiger partial charge is 0.445 e. The molecule has 2 aliphatic heterocycles. The van der Waals surface area contributed by atoms with Gasteiger partial charge in [0.15, 0.2) is 0 Å². The van der Waals surface area contributed by atoms with Gasteiger partial charge in [-0.1, -0.05) is 0 Å². The second-order valence-corrected chi connectivity index (χ2v) is 10.6. The molecule has 2 amide bonds. The number of hydrogen-bond donors (Lipinski definition) is 2. The van der Waals surface area contributed by atoms with Crippen molar-refractivity contribution in [1.29, 1.82) is 0 Å². The monoisotopic (exact) mass is 572 g/mol. The van der Waals surface area contributed by atoms with Crippen LogP contribution in [0.2, 0.25) is 0 Å². The Bertz CT molecular complexity index is 1070. The molecular formula is C20H27F3N4O8S2. The number of rotatable bonds is 4. The van der Waals surface area contributed by atoms with Crippen LogP contribution >= 0.6 is 12.6 Å². The Hall–Kier alpha value is -2.63. The van der Waals surface area contributed by atoms with Gasteiger partial charge in [-0.2, -0.15) is 34.2 Å². The first-order valence-electron chi connectivity index (χ1n) is 11.0. The van der Waals surface area contributed by atoms with Gasteiger partial charge in [-0.3, -0.25) is 24.4 Å². The molecule has 1 aromatic carbocycles. The average Bonchev–Trinajstić information content (AvgIpc) is 2.98. The predicted molar refractivity (Wildman–Crippen MR) is 127 cm³/mol. The first-order valence-corrected chi connectivity index (χ1v) is 12.9. The van der Waals surface area contributed by atoms with Gasteiger partial charge in [0.25, 0.3) is 5.69 Å². The number of carbonyl (C=O) groups is 2. The van der Waals surface area contributed by atoms with Gasteiger partial charge in [-0.15, -0.1) is 0 Å². The van der Waals surface area contributed by atoms with Gasteiger partial charge in [-0.25, -0.2) is 4.79 Å². The third-order valence-corrected chi connectivity index (χ3v) is 6.64. The molecule has 1 aromatic rings. The van der Waals surface area contributed by atoms with Gasteiger partial charge < -0.3 is 14.5 Å². The van der Waals surface area contributed by atoms with Crippen LogP contribution in [-0.4, -0.2) is 101 Å². The van der Waals surface area contributed by atoms with Gasteiger partial charge in [-0.05, 0) is 37.6 Å². The van der Waals surface area contributed by atoms with Crippen LogP contribution < -0.4 is 0 Å². The highest BCUT2D eigenvalue weighted by atomic mass is 32.2. The van der Waals surface area contributed by atoms with E-state index in [1.807, 2.05) is 16.8 Å². The van der Waals surface area contributed by atoms with Crippen LogP contribution in [0.3, 0.4) is 0 Å². The maximum atomic E-state index is 12.8. The molecule has 37 heavy (non-hydrogen) atoms. The minimum Gasteiger partial charge on any atom is -0.445 e. The van der Waals surface area contributed by atoms with Crippen LogP contribution in [0.25, 0.3) is 0 Å². The molecule has 2 fully saturated rings. The molecule has 0 saturated carbocycles. The largest absolute Gasteiger partial charge is 0.522 e. The van der Waals surface area contributed by atoms with Gasteiger partial charge in [0, 0.05) is 50.1 Å². The molecule has 0 unspecified atom stereocenters. The van der Waals surface area contributed by atoms with Gasteiger partial charge >= 0.3 is 21.7 Å². The fourth-order valence-corrected chi connectivity index (χ4v) is 4.20. The maximum Gasteiger partial charge on any atom is 0.522 e. The SMILES string of the molecule is CN1C[C@@H](S)C[C@H]1C(=O)N1CCCN(C(=O)OCc2ccc([N+](=O)[O-])cc2)CC1.O=S(=O)(O)C(F)(F)F. The number of amides is 2. The van der Waals surface area contributed by atoms with E-state index in [1.54, 1.807) is 17.0 Å². The Morgan fingerprint density at radius 3 is 2.19 bits per heavy atom. The highest BCUT2D eigenvalue weighted by Crippen LogP contribution is 2.23. The summed E-state index contributed by atoms with van der Waals surface area (Å²) in [4.78, 5) is 40.9. The summed E-state index contributed by atoms with van der Waals surface area (Å²) in [6.07, 6.45) is 1.00. The number of non-ortho nitro benzene ring substituents is 1. The molecule has 2 aliphatic rings. The Morgan fingerprint density at radius 2 is 1.70 bits per heavy atom. The van der Waals surface area contributed by atoms with Crippen molar-refractivity contribution in [3.05, 3.63) is 39.9 Å². The van der Waals surface area contributed by atoms with E-state index >= 15 is 0 Å². The molecule has 2 heterocycles. The Balaban J connectivity index is 0.000000521. The van der Waals surface area contributed by atoms with Crippen LogP contribution in [0.4, 0.5) is 23.7 Å². The second kappa shape index (κ2) is 12.7. The van der Waals surface area contributed by atoms with E-state index in [0.717, 1.165) is 13.0 Å². The average molecular weight is 573 g/mol. The fraction of sp³-hybridized carbons (Fsp3) is 0.600. The van der Waals surface area contributed by atoms with Crippen molar-refractivity contribution in [3.8, 4) is 0 Å². The highest BCUT2D eigenvalue weighted by Gasteiger charge is 2.44. The number of likely N-dealkylation sites (tertiary alicyclic amines) is 1. The number of benzene rings is 1. The summed E-state index contributed by atoms with van der Waals surface area (Å²) in [6, 6.07) is 5.77. The third kappa shape index (κ3) is 9.01. The molecule has 3 rings (SSSR count). The standard InChI is InChI=1S/C19H26N4O5S.CHF3O3S/c1-20-12-16(29)11-17(20)18(24)21-7-2-8-22(10-9-21)19(25)28-13-14-3-5-15(6-4-14)23(26)27;2-1(3,4)8(5,6)7/h3-6,16-17,29H,2,7-13H2,1H3;(H,5,6,7)/t16-,17-;/m0./s1. The zero-order valence-corrected chi connectivity index (χ0v) is 21.4. The number of thiol groups is 1. The first-order chi connectivity index (χ1) is 17.1. The summed E-state index contributed by atoms with van der Waals surface area (Å²) in [7, 11) is -3.90. The number of carbonyl (C=O) groups excluding carboxylic acids is 2. The molecular weight excluding hydrogens is 545 g/mol. The zero-order chi connectivity index (χ0) is 28.0. The summed E-state index contributed by atoms with van der Waals surface area (Å²) in [6.45, 7) is 2.89. The maximum absolute atomic E-state index is 12.8. The van der Waals surface area contributed by atoms with Crippen molar-refractivity contribution in [2.24, 2.45) is 0 Å². The molecule has 12 nitrogen and oxygen atoms in total. The molecule has 0 radical (unpaired) electrons. The number of likely N-dealkylation sites (N-methyl/N-ethyl adjacent to an activating group) is 1. The highest BCUT2D eigenvalue weighted by molar-refractivity contribution is 7.86. The van der Waals surface area contributed by atoms with Crippen LogP contribution in [0, 0.1) is 10.1 Å². The summed E-state index contributed by atoms with van der Waals surface area (Å²) in [5.41, 5.74) is -4.86. The first kappa shape index (κ1) is 30.6. The molecule has 208 valence electrons. The summed E-state index contributed by atoms with van der Waals surface area (Å²) < 4.78 is 62.9. The molecule has 0 aliphatic carbocycles. The van der Waals surface area contributed by atoms with Gasteiger partial charge in [0.2, 0.25) is 5.91 Å². The lowest BCUT2D eigenvalue weighted by molar-refractivity contribution is -0.384. The molecule has 0 spiro atoms. The zero-order valence-electron chi connectivity index (χ0n) is 19.7. The van der Waals surface area contributed by atoms with E-state index in [4.69, 9.17) is 17.7 Å². The Kier molecular flexibility index (Phi) is 10.5. The summed E-state index contributed by atoms with van der Waals surface area (Å²) in [5, 5.41) is 10.9.